The normalized spacial score (nSPS) is 12.9. The number of hydrogen-bond acceptors (Lipinski definition) is 3. The van der Waals surface area contributed by atoms with E-state index in [9.17, 15) is 0 Å². The van der Waals surface area contributed by atoms with E-state index >= 15 is 0 Å². The van der Waals surface area contributed by atoms with Crippen molar-refractivity contribution in [2.75, 3.05) is 80.8 Å². The van der Waals surface area contributed by atoms with Crippen molar-refractivity contribution in [1.82, 2.24) is 0 Å². The van der Waals surface area contributed by atoms with Crippen LogP contribution in [0, 0.1) is 0 Å². The molecule has 0 heterocycles. The second-order valence-electron chi connectivity index (χ2n) is 7.24. The Morgan fingerprint density at radius 1 is 0.619 bits per heavy atom. The average Bonchev–Trinajstić information content (AvgIpc) is 2.38. The van der Waals surface area contributed by atoms with Gasteiger partial charge in [-0.05, 0) is 25.7 Å². The smallest absolute Gasteiger partial charge is 0.102 e. The van der Waals surface area contributed by atoms with E-state index in [4.69, 9.17) is 14.9 Å². The average molecular weight is 306 g/mol. The van der Waals surface area contributed by atoms with Crippen LogP contribution in [0.4, 0.5) is 0 Å². The monoisotopic (exact) mass is 306 g/mol. The van der Waals surface area contributed by atoms with Gasteiger partial charge >= 0.3 is 0 Å². The summed E-state index contributed by atoms with van der Waals surface area (Å²) in [5, 5.41) is 17.6. The largest absolute Gasteiger partial charge is 0.396 e. The molecule has 0 aromatic heterocycles. The molecule has 0 saturated carbocycles. The van der Waals surface area contributed by atoms with Gasteiger partial charge in [-0.15, -0.1) is 0 Å². The molecule has 0 aliphatic rings. The number of rotatable bonds is 14. The van der Waals surface area contributed by atoms with Crippen LogP contribution in [0.3, 0.4) is 0 Å². The summed E-state index contributed by atoms with van der Waals surface area (Å²) in [6.07, 6.45) is 3.92. The van der Waals surface area contributed by atoms with Crippen LogP contribution in [-0.2, 0) is 4.74 Å². The van der Waals surface area contributed by atoms with Crippen LogP contribution >= 0.6 is 0 Å². The Balaban J connectivity index is 3.65. The predicted molar refractivity (Wildman–Crippen MR) is 87.1 cm³/mol. The third-order valence-corrected chi connectivity index (χ3v) is 4.03. The number of aliphatic hydroxyl groups is 2. The Bertz CT molecular complexity index is 222. The van der Waals surface area contributed by atoms with Gasteiger partial charge in [0.1, 0.15) is 13.1 Å². The zero-order valence-corrected chi connectivity index (χ0v) is 14.7. The molecule has 0 atom stereocenters. The van der Waals surface area contributed by atoms with Crippen LogP contribution < -0.4 is 0 Å². The second kappa shape index (κ2) is 11.4. The molecule has 0 radical (unpaired) electrons. The fourth-order valence-electron chi connectivity index (χ4n) is 2.25. The van der Waals surface area contributed by atoms with E-state index in [1.807, 2.05) is 0 Å². The van der Waals surface area contributed by atoms with Crippen LogP contribution in [0.25, 0.3) is 0 Å². The second-order valence-corrected chi connectivity index (χ2v) is 7.24. The lowest BCUT2D eigenvalue weighted by molar-refractivity contribution is -0.894. The van der Waals surface area contributed by atoms with Gasteiger partial charge in [-0.3, -0.25) is 0 Å². The lowest BCUT2D eigenvalue weighted by Crippen LogP contribution is -2.45. The molecular weight excluding hydrogens is 268 g/mol. The van der Waals surface area contributed by atoms with E-state index in [1.165, 1.54) is 0 Å². The predicted octanol–water partition coefficient (Wildman–Crippen LogP) is 0.701. The van der Waals surface area contributed by atoms with Gasteiger partial charge in [0.15, 0.2) is 0 Å². The highest BCUT2D eigenvalue weighted by Gasteiger charge is 2.16. The van der Waals surface area contributed by atoms with Gasteiger partial charge in [-0.25, -0.2) is 0 Å². The molecule has 0 fully saturated rings. The zero-order valence-electron chi connectivity index (χ0n) is 14.7. The molecular formula is C16H38N2O3+2. The van der Waals surface area contributed by atoms with E-state index in [1.54, 1.807) is 0 Å². The molecule has 5 nitrogen and oxygen atoms in total. The number of unbranched alkanes of at least 4 members (excludes halogenated alkanes) is 2. The Morgan fingerprint density at radius 3 is 1.33 bits per heavy atom. The Labute approximate surface area is 131 Å². The first-order valence-corrected chi connectivity index (χ1v) is 8.26. The molecule has 0 unspecified atom stereocenters. The molecule has 0 aliphatic carbocycles. The van der Waals surface area contributed by atoms with E-state index in [2.05, 4.69) is 28.2 Å². The van der Waals surface area contributed by atoms with Gasteiger partial charge in [0.2, 0.25) is 0 Å². The minimum Gasteiger partial charge on any atom is -0.396 e. The molecule has 0 saturated heterocycles. The number of aliphatic hydroxyl groups excluding tert-OH is 2. The highest BCUT2D eigenvalue weighted by molar-refractivity contribution is 4.41. The molecule has 0 amide bonds. The molecule has 128 valence electrons. The number of ether oxygens (including phenoxy) is 1. The van der Waals surface area contributed by atoms with Crippen molar-refractivity contribution in [2.45, 2.75) is 25.7 Å². The van der Waals surface area contributed by atoms with Crippen molar-refractivity contribution >= 4 is 0 Å². The summed E-state index contributed by atoms with van der Waals surface area (Å²) in [6.45, 7) is 6.39. The number of quaternary nitrogens is 2. The lowest BCUT2D eigenvalue weighted by Gasteiger charge is -2.31. The first-order chi connectivity index (χ1) is 9.83. The molecule has 5 heteroatoms. The lowest BCUT2D eigenvalue weighted by atomic mass is 10.3. The maximum Gasteiger partial charge on any atom is 0.102 e. The zero-order chi connectivity index (χ0) is 16.2. The fourth-order valence-corrected chi connectivity index (χ4v) is 2.25. The van der Waals surface area contributed by atoms with E-state index in [0.29, 0.717) is 13.2 Å². The van der Waals surface area contributed by atoms with Crippen molar-refractivity contribution in [3.05, 3.63) is 0 Å². The number of likely N-dealkylation sites (N-methyl/N-ethyl adjacent to an activating group) is 2. The van der Waals surface area contributed by atoms with Crippen LogP contribution in [-0.4, -0.2) is 100.0 Å². The molecule has 2 N–H and O–H groups in total. The Kier molecular flexibility index (Phi) is 11.3. The van der Waals surface area contributed by atoms with Crippen molar-refractivity contribution in [2.24, 2.45) is 0 Å². The summed E-state index contributed by atoms with van der Waals surface area (Å²) in [7, 11) is 8.87. The first-order valence-electron chi connectivity index (χ1n) is 8.26. The van der Waals surface area contributed by atoms with Crippen molar-refractivity contribution < 1.29 is 23.9 Å². The van der Waals surface area contributed by atoms with Gasteiger partial charge in [-0.2, -0.15) is 0 Å². The third kappa shape index (κ3) is 13.2. The van der Waals surface area contributed by atoms with Gasteiger partial charge < -0.3 is 23.9 Å². The van der Waals surface area contributed by atoms with Crippen molar-refractivity contribution in [3.8, 4) is 0 Å². The topological polar surface area (TPSA) is 49.7 Å². The molecule has 0 aromatic rings. The third-order valence-electron chi connectivity index (χ3n) is 4.03. The fraction of sp³-hybridized carbons (Fsp3) is 1.00. The van der Waals surface area contributed by atoms with E-state index in [-0.39, 0.29) is 0 Å². The van der Waals surface area contributed by atoms with Crippen molar-refractivity contribution in [1.29, 1.82) is 0 Å². The molecule has 0 spiro atoms. The van der Waals surface area contributed by atoms with Crippen LogP contribution in [0.15, 0.2) is 0 Å². The maximum atomic E-state index is 8.82. The number of hydrogen-bond donors (Lipinski definition) is 2. The molecule has 0 aromatic carbocycles. The molecule has 0 aliphatic heterocycles. The van der Waals surface area contributed by atoms with E-state index in [0.717, 1.165) is 74.0 Å². The summed E-state index contributed by atoms with van der Waals surface area (Å²) in [5.41, 5.74) is 0. The quantitative estimate of drug-likeness (QED) is 0.367. The SMILES string of the molecule is C[N+](C)(CCCCO)CCOCC[N+](C)(C)CCCCO. The standard InChI is InChI=1S/C16H38N2O3/c1-17(2,9-5-7-13-19)11-15-21-16-12-18(3,4)10-6-8-14-20/h19-20H,5-16H2,1-4H3/q+2. The minimum atomic E-state index is 0.291. The Morgan fingerprint density at radius 2 is 1.00 bits per heavy atom. The summed E-state index contributed by atoms with van der Waals surface area (Å²) >= 11 is 0. The van der Waals surface area contributed by atoms with Gasteiger partial charge in [0.25, 0.3) is 0 Å². The first kappa shape index (κ1) is 20.8. The maximum absolute atomic E-state index is 8.82. The summed E-state index contributed by atoms with van der Waals surface area (Å²) in [6, 6.07) is 0. The van der Waals surface area contributed by atoms with Gasteiger partial charge in [-0.1, -0.05) is 0 Å². The van der Waals surface area contributed by atoms with Crippen LogP contribution in [0.5, 0.6) is 0 Å². The van der Waals surface area contributed by atoms with Crippen LogP contribution in [0.1, 0.15) is 25.7 Å². The molecule has 0 bridgehead atoms. The van der Waals surface area contributed by atoms with Crippen LogP contribution in [0.2, 0.25) is 0 Å². The summed E-state index contributed by atoms with van der Waals surface area (Å²) < 4.78 is 7.69. The minimum absolute atomic E-state index is 0.291. The summed E-state index contributed by atoms with van der Waals surface area (Å²) in [4.78, 5) is 0. The van der Waals surface area contributed by atoms with Gasteiger partial charge in [0, 0.05) is 13.2 Å². The summed E-state index contributed by atoms with van der Waals surface area (Å²) in [5.74, 6) is 0. The molecule has 21 heavy (non-hydrogen) atoms. The molecule has 0 rings (SSSR count). The highest BCUT2D eigenvalue weighted by Crippen LogP contribution is 2.03. The Hall–Kier alpha value is -0.200. The van der Waals surface area contributed by atoms with Gasteiger partial charge in [0.05, 0.1) is 54.5 Å². The highest BCUT2D eigenvalue weighted by atomic mass is 16.5. The number of nitrogens with zero attached hydrogens (tertiary/aromatic N) is 2. The van der Waals surface area contributed by atoms with Crippen molar-refractivity contribution in [3.63, 3.8) is 0 Å². The van der Waals surface area contributed by atoms with E-state index < -0.39 is 0 Å².